The molecule has 3 rings (SSSR count). The average molecular weight is 303 g/mol. The maximum absolute atomic E-state index is 12.1. The molecule has 0 aliphatic heterocycles. The van der Waals surface area contributed by atoms with Gasteiger partial charge in [0.15, 0.2) is 0 Å². The number of H-pyrrole nitrogens is 1. The number of nitrogens with two attached hydrogens (primary N) is 1. The molecule has 1 aliphatic rings. The van der Waals surface area contributed by atoms with Gasteiger partial charge in [-0.2, -0.15) is 4.98 Å². The van der Waals surface area contributed by atoms with Crippen LogP contribution in [0.5, 0.6) is 0 Å². The lowest BCUT2D eigenvalue weighted by molar-refractivity contribution is -0.119. The predicted octanol–water partition coefficient (Wildman–Crippen LogP) is 1.67. The van der Waals surface area contributed by atoms with Crippen LogP contribution < -0.4 is 11.1 Å². The summed E-state index contributed by atoms with van der Waals surface area (Å²) in [5.41, 5.74) is 8.02. The number of nitrogens with one attached hydrogen (secondary N) is 2. The molecule has 6 nitrogen and oxygen atoms in total. The van der Waals surface area contributed by atoms with Crippen molar-refractivity contribution in [3.8, 4) is 0 Å². The van der Waals surface area contributed by atoms with Gasteiger partial charge in [-0.25, -0.2) is 5.10 Å². The maximum atomic E-state index is 12.1. The molecule has 0 radical (unpaired) electrons. The fourth-order valence-corrected chi connectivity index (χ4v) is 3.21. The van der Waals surface area contributed by atoms with E-state index in [1.54, 1.807) is 0 Å². The number of nitrogen functional groups attached to an aromatic ring is 1. The normalized spacial score (nSPS) is 17.2. The van der Waals surface area contributed by atoms with E-state index in [-0.39, 0.29) is 23.7 Å². The predicted molar refractivity (Wildman–Crippen MR) is 81.8 cm³/mol. The van der Waals surface area contributed by atoms with E-state index >= 15 is 0 Å². The SMILES string of the molecule is Nc1nc(SCC(=O)N[C@H]2CCCc3ccccc32)n[nH]1. The number of nitrogens with zero attached hydrogens (tertiary/aromatic N) is 2. The average Bonchev–Trinajstić information content (AvgIpc) is 2.91. The molecule has 1 atom stereocenters. The first-order valence-electron chi connectivity index (χ1n) is 6.90. The van der Waals surface area contributed by atoms with Crippen molar-refractivity contribution >= 4 is 23.6 Å². The molecule has 7 heteroatoms. The molecule has 0 saturated heterocycles. The van der Waals surface area contributed by atoms with Crippen LogP contribution in [-0.4, -0.2) is 26.8 Å². The van der Waals surface area contributed by atoms with Crippen LogP contribution in [0.15, 0.2) is 29.4 Å². The molecule has 0 bridgehead atoms. The molecule has 1 aliphatic carbocycles. The van der Waals surface area contributed by atoms with E-state index in [9.17, 15) is 4.79 Å². The van der Waals surface area contributed by atoms with E-state index in [4.69, 9.17) is 5.73 Å². The van der Waals surface area contributed by atoms with Gasteiger partial charge in [-0.3, -0.25) is 4.79 Å². The lowest BCUT2D eigenvalue weighted by Gasteiger charge is -2.26. The Bertz CT molecular complexity index is 642. The van der Waals surface area contributed by atoms with Crippen molar-refractivity contribution in [3.63, 3.8) is 0 Å². The Kier molecular flexibility index (Phi) is 4.10. The number of thioether (sulfide) groups is 1. The summed E-state index contributed by atoms with van der Waals surface area (Å²) in [6.07, 6.45) is 3.18. The second-order valence-electron chi connectivity index (χ2n) is 5.00. The maximum Gasteiger partial charge on any atom is 0.230 e. The number of aromatic amines is 1. The van der Waals surface area contributed by atoms with Crippen LogP contribution >= 0.6 is 11.8 Å². The van der Waals surface area contributed by atoms with Gasteiger partial charge in [0, 0.05) is 0 Å². The molecule has 110 valence electrons. The number of amides is 1. The minimum absolute atomic E-state index is 0.00919. The smallest absolute Gasteiger partial charge is 0.230 e. The van der Waals surface area contributed by atoms with Gasteiger partial charge in [0.1, 0.15) is 0 Å². The van der Waals surface area contributed by atoms with Crippen molar-refractivity contribution in [2.45, 2.75) is 30.5 Å². The summed E-state index contributed by atoms with van der Waals surface area (Å²) in [7, 11) is 0. The zero-order valence-electron chi connectivity index (χ0n) is 11.5. The minimum atomic E-state index is -0.00919. The number of fused-ring (bicyclic) bond motifs is 1. The van der Waals surface area contributed by atoms with Crippen LogP contribution in [0.25, 0.3) is 0 Å². The molecular weight excluding hydrogens is 286 g/mol. The first kappa shape index (κ1) is 13.9. The van der Waals surface area contributed by atoms with Crippen LogP contribution in [0.4, 0.5) is 5.95 Å². The Morgan fingerprint density at radius 2 is 2.33 bits per heavy atom. The fourth-order valence-electron chi connectivity index (χ4n) is 2.59. The van der Waals surface area contributed by atoms with Crippen LogP contribution in [-0.2, 0) is 11.2 Å². The largest absolute Gasteiger partial charge is 0.368 e. The third kappa shape index (κ3) is 3.36. The number of hydrogen-bond donors (Lipinski definition) is 3. The molecule has 0 spiro atoms. The Morgan fingerprint density at radius 1 is 1.48 bits per heavy atom. The van der Waals surface area contributed by atoms with Gasteiger partial charge in [0.2, 0.25) is 17.0 Å². The molecule has 1 heterocycles. The number of hydrogen-bond acceptors (Lipinski definition) is 5. The van der Waals surface area contributed by atoms with Crippen molar-refractivity contribution in [1.82, 2.24) is 20.5 Å². The highest BCUT2D eigenvalue weighted by Gasteiger charge is 2.21. The molecule has 1 aromatic carbocycles. The molecule has 1 aromatic heterocycles. The van der Waals surface area contributed by atoms with E-state index in [0.717, 1.165) is 19.3 Å². The Morgan fingerprint density at radius 3 is 3.14 bits per heavy atom. The Labute approximate surface area is 126 Å². The highest BCUT2D eigenvalue weighted by Crippen LogP contribution is 2.29. The molecule has 21 heavy (non-hydrogen) atoms. The summed E-state index contributed by atoms with van der Waals surface area (Å²) in [6.45, 7) is 0. The topological polar surface area (TPSA) is 96.7 Å². The number of aromatic nitrogens is 3. The van der Waals surface area contributed by atoms with Gasteiger partial charge < -0.3 is 11.1 Å². The van der Waals surface area contributed by atoms with Gasteiger partial charge >= 0.3 is 0 Å². The minimum Gasteiger partial charge on any atom is -0.368 e. The standard InChI is InChI=1S/C14H17N5OS/c15-13-17-14(19-18-13)21-8-12(20)16-11-7-3-5-9-4-1-2-6-10(9)11/h1-2,4,6,11H,3,5,7-8H2,(H,16,20)(H3,15,17,18,19)/t11-/m0/s1. The molecular formula is C14H17N5OS. The second-order valence-corrected chi connectivity index (χ2v) is 5.95. The number of carbonyl (C=O) groups excluding carboxylic acids is 1. The van der Waals surface area contributed by atoms with E-state index in [0.29, 0.717) is 5.16 Å². The zero-order chi connectivity index (χ0) is 14.7. The van der Waals surface area contributed by atoms with Crippen molar-refractivity contribution in [1.29, 1.82) is 0 Å². The molecule has 0 saturated carbocycles. The summed E-state index contributed by atoms with van der Waals surface area (Å²) >= 11 is 1.27. The van der Waals surface area contributed by atoms with E-state index in [2.05, 4.69) is 32.6 Å². The first-order chi connectivity index (χ1) is 10.2. The quantitative estimate of drug-likeness (QED) is 0.747. The Balaban J connectivity index is 1.58. The Hall–Kier alpha value is -2.02. The van der Waals surface area contributed by atoms with Crippen LogP contribution in [0.1, 0.15) is 30.0 Å². The van der Waals surface area contributed by atoms with E-state index in [1.807, 2.05) is 12.1 Å². The van der Waals surface area contributed by atoms with Crippen molar-refractivity contribution in [2.24, 2.45) is 0 Å². The molecule has 2 aromatic rings. The summed E-state index contributed by atoms with van der Waals surface area (Å²) in [5, 5.41) is 10.0. The van der Waals surface area contributed by atoms with Crippen molar-refractivity contribution in [2.75, 3.05) is 11.5 Å². The van der Waals surface area contributed by atoms with Gasteiger partial charge in [-0.1, -0.05) is 36.0 Å². The molecule has 0 fully saturated rings. The number of rotatable bonds is 4. The third-order valence-corrected chi connectivity index (χ3v) is 4.37. The lowest BCUT2D eigenvalue weighted by atomic mass is 9.88. The van der Waals surface area contributed by atoms with E-state index < -0.39 is 0 Å². The van der Waals surface area contributed by atoms with Gasteiger partial charge in [-0.15, -0.1) is 5.10 Å². The van der Waals surface area contributed by atoms with Gasteiger partial charge in [0.25, 0.3) is 0 Å². The van der Waals surface area contributed by atoms with Crippen molar-refractivity contribution in [3.05, 3.63) is 35.4 Å². The molecule has 1 amide bonds. The summed E-state index contributed by atoms with van der Waals surface area (Å²) in [5.74, 6) is 0.542. The second kappa shape index (κ2) is 6.17. The first-order valence-corrected chi connectivity index (χ1v) is 7.89. The monoisotopic (exact) mass is 303 g/mol. The van der Waals surface area contributed by atoms with E-state index in [1.165, 1.54) is 22.9 Å². The summed E-state index contributed by atoms with van der Waals surface area (Å²) in [4.78, 5) is 16.0. The zero-order valence-corrected chi connectivity index (χ0v) is 12.3. The van der Waals surface area contributed by atoms with Gasteiger partial charge in [0.05, 0.1) is 11.8 Å². The van der Waals surface area contributed by atoms with Crippen LogP contribution in [0, 0.1) is 0 Å². The molecule has 4 N–H and O–H groups in total. The highest BCUT2D eigenvalue weighted by atomic mass is 32.2. The van der Waals surface area contributed by atoms with Crippen molar-refractivity contribution < 1.29 is 4.79 Å². The highest BCUT2D eigenvalue weighted by molar-refractivity contribution is 7.99. The van der Waals surface area contributed by atoms with Gasteiger partial charge in [-0.05, 0) is 30.4 Å². The number of benzene rings is 1. The van der Waals surface area contributed by atoms with Crippen LogP contribution in [0.3, 0.4) is 0 Å². The third-order valence-electron chi connectivity index (χ3n) is 3.52. The summed E-state index contributed by atoms with van der Waals surface area (Å²) < 4.78 is 0. The number of anilines is 1. The van der Waals surface area contributed by atoms with Crippen LogP contribution in [0.2, 0.25) is 0 Å². The number of carbonyl (C=O) groups is 1. The fraction of sp³-hybridized carbons (Fsp3) is 0.357. The summed E-state index contributed by atoms with van der Waals surface area (Å²) in [6, 6.07) is 8.42. The molecule has 0 unspecified atom stereocenters. The lowest BCUT2D eigenvalue weighted by Crippen LogP contribution is -2.32. The number of aryl methyl sites for hydroxylation is 1.